The van der Waals surface area contributed by atoms with Crippen LogP contribution in [0.1, 0.15) is 0 Å². The van der Waals surface area contributed by atoms with Crippen molar-refractivity contribution in [3.8, 4) is 51.0 Å². The van der Waals surface area contributed by atoms with Crippen LogP contribution in [0.15, 0.2) is 174 Å². The Morgan fingerprint density at radius 3 is 1.76 bits per heavy atom. The van der Waals surface area contributed by atoms with Crippen LogP contribution < -0.4 is 0 Å². The average Bonchev–Trinajstić information content (AvgIpc) is 3.74. The van der Waals surface area contributed by atoms with Gasteiger partial charge < -0.3 is 4.42 Å². The Balaban J connectivity index is 1.28. The molecule has 234 valence electrons. The third kappa shape index (κ3) is 4.60. The summed E-state index contributed by atoms with van der Waals surface area (Å²) < 4.78 is 8.65. The van der Waals surface area contributed by atoms with Crippen molar-refractivity contribution in [1.29, 1.82) is 0 Å². The molecule has 0 aliphatic rings. The van der Waals surface area contributed by atoms with E-state index in [-0.39, 0.29) is 0 Å². The van der Waals surface area contributed by atoms with Gasteiger partial charge in [-0.25, -0.2) is 4.98 Å². The highest BCUT2D eigenvalue weighted by Crippen LogP contribution is 2.39. The van der Waals surface area contributed by atoms with Crippen molar-refractivity contribution in [3.05, 3.63) is 170 Å². The van der Waals surface area contributed by atoms with Crippen molar-refractivity contribution >= 4 is 43.7 Å². The van der Waals surface area contributed by atoms with E-state index in [9.17, 15) is 0 Å². The molecule has 0 radical (unpaired) electrons. The Labute approximate surface area is 287 Å². The molecule has 0 bridgehead atoms. The van der Waals surface area contributed by atoms with Crippen molar-refractivity contribution in [2.75, 3.05) is 0 Å². The molecule has 0 aliphatic heterocycles. The van der Waals surface area contributed by atoms with Crippen molar-refractivity contribution in [2.24, 2.45) is 0 Å². The van der Waals surface area contributed by atoms with Crippen LogP contribution in [0.25, 0.3) is 94.7 Å². The fourth-order valence-electron chi connectivity index (χ4n) is 7.08. The van der Waals surface area contributed by atoms with Gasteiger partial charge in [-0.05, 0) is 52.6 Å². The smallest absolute Gasteiger partial charge is 0.238 e. The zero-order valence-corrected chi connectivity index (χ0v) is 26.9. The molecule has 0 saturated heterocycles. The molecule has 50 heavy (non-hydrogen) atoms. The Hall–Kier alpha value is -6.85. The minimum absolute atomic E-state index is 0.541. The van der Waals surface area contributed by atoms with Crippen LogP contribution in [-0.4, -0.2) is 19.5 Å². The molecule has 0 aliphatic carbocycles. The Bertz CT molecular complexity index is 2860. The molecule has 10 rings (SSSR count). The molecule has 0 spiro atoms. The zero-order chi connectivity index (χ0) is 33.0. The molecular formula is C45H28N4O. The maximum Gasteiger partial charge on any atom is 0.238 e. The fourth-order valence-corrected chi connectivity index (χ4v) is 7.08. The number of rotatable bonds is 5. The molecule has 10 aromatic rings. The predicted molar refractivity (Wildman–Crippen MR) is 203 cm³/mol. The third-order valence-electron chi connectivity index (χ3n) is 9.48. The molecule has 3 heterocycles. The lowest BCUT2D eigenvalue weighted by molar-refractivity contribution is 0.669. The normalized spacial score (nSPS) is 11.6. The summed E-state index contributed by atoms with van der Waals surface area (Å²) >= 11 is 0. The van der Waals surface area contributed by atoms with E-state index in [1.54, 1.807) is 0 Å². The summed E-state index contributed by atoms with van der Waals surface area (Å²) in [5.41, 5.74) is 9.94. The summed E-state index contributed by atoms with van der Waals surface area (Å²) in [5.74, 6) is 1.68. The largest absolute Gasteiger partial charge is 0.455 e. The van der Waals surface area contributed by atoms with E-state index in [1.807, 2.05) is 72.8 Å². The van der Waals surface area contributed by atoms with Gasteiger partial charge in [-0.1, -0.05) is 140 Å². The lowest BCUT2D eigenvalue weighted by Gasteiger charge is -2.12. The summed E-state index contributed by atoms with van der Waals surface area (Å²) in [4.78, 5) is 15.5. The van der Waals surface area contributed by atoms with E-state index in [2.05, 4.69) is 102 Å². The molecule has 0 atom stereocenters. The van der Waals surface area contributed by atoms with Crippen molar-refractivity contribution in [3.63, 3.8) is 0 Å². The molecule has 0 amide bonds. The lowest BCUT2D eigenvalue weighted by Crippen LogP contribution is -2.06. The van der Waals surface area contributed by atoms with Crippen molar-refractivity contribution in [1.82, 2.24) is 19.5 Å². The summed E-state index contributed by atoms with van der Waals surface area (Å²) in [6.45, 7) is 0. The van der Waals surface area contributed by atoms with Gasteiger partial charge in [0.05, 0.1) is 16.6 Å². The number of fused-ring (bicyclic) bond motifs is 6. The minimum Gasteiger partial charge on any atom is -0.455 e. The molecule has 7 aromatic carbocycles. The first-order valence-corrected chi connectivity index (χ1v) is 16.7. The highest BCUT2D eigenvalue weighted by molar-refractivity contribution is 6.12. The van der Waals surface area contributed by atoms with Gasteiger partial charge >= 0.3 is 0 Å². The quantitative estimate of drug-likeness (QED) is 0.188. The SMILES string of the molecule is c1ccc(-c2ccc3c(c2)c2ccc(-c4ccccc4)cc2n3-c2nc(-c3ccccc3)nc(-c3cccc4c3oc3ccccc34)n2)cc1. The lowest BCUT2D eigenvalue weighted by atomic mass is 10.0. The summed E-state index contributed by atoms with van der Waals surface area (Å²) in [7, 11) is 0. The molecule has 0 saturated carbocycles. The number of furan rings is 1. The van der Waals surface area contributed by atoms with Gasteiger partial charge in [-0.15, -0.1) is 0 Å². The van der Waals surface area contributed by atoms with Gasteiger partial charge in [0.25, 0.3) is 0 Å². The van der Waals surface area contributed by atoms with Crippen LogP contribution in [0.2, 0.25) is 0 Å². The van der Waals surface area contributed by atoms with Crippen LogP contribution >= 0.6 is 0 Å². The molecule has 3 aromatic heterocycles. The number of hydrogen-bond acceptors (Lipinski definition) is 4. The second kappa shape index (κ2) is 11.4. The molecule has 0 N–H and O–H groups in total. The number of nitrogens with zero attached hydrogens (tertiary/aromatic N) is 4. The number of benzene rings is 7. The van der Waals surface area contributed by atoms with Crippen LogP contribution in [0, 0.1) is 0 Å². The first-order chi connectivity index (χ1) is 24.8. The molecular weight excluding hydrogens is 613 g/mol. The Kier molecular flexibility index (Phi) is 6.42. The summed E-state index contributed by atoms with van der Waals surface area (Å²) in [6.07, 6.45) is 0. The Morgan fingerprint density at radius 1 is 0.380 bits per heavy atom. The van der Waals surface area contributed by atoms with Crippen LogP contribution in [0.4, 0.5) is 0 Å². The third-order valence-corrected chi connectivity index (χ3v) is 9.48. The van der Waals surface area contributed by atoms with Gasteiger partial charge in [0.2, 0.25) is 5.95 Å². The van der Waals surface area contributed by atoms with E-state index < -0.39 is 0 Å². The van der Waals surface area contributed by atoms with Crippen molar-refractivity contribution in [2.45, 2.75) is 0 Å². The predicted octanol–water partition coefficient (Wildman–Crippen LogP) is 11.5. The number of para-hydroxylation sites is 2. The summed E-state index contributed by atoms with van der Waals surface area (Å²) in [6, 6.07) is 58.7. The van der Waals surface area contributed by atoms with E-state index in [0.717, 1.165) is 71.6 Å². The molecule has 5 heteroatoms. The molecule has 0 fully saturated rings. The first kappa shape index (κ1) is 28.2. The second-order valence-corrected chi connectivity index (χ2v) is 12.5. The number of aromatic nitrogens is 4. The van der Waals surface area contributed by atoms with Crippen LogP contribution in [0.5, 0.6) is 0 Å². The van der Waals surface area contributed by atoms with Gasteiger partial charge in [0.1, 0.15) is 11.2 Å². The van der Waals surface area contributed by atoms with Gasteiger partial charge in [-0.2, -0.15) is 9.97 Å². The van der Waals surface area contributed by atoms with Gasteiger partial charge in [0, 0.05) is 27.1 Å². The van der Waals surface area contributed by atoms with E-state index in [1.165, 1.54) is 5.56 Å². The highest BCUT2D eigenvalue weighted by atomic mass is 16.3. The maximum atomic E-state index is 6.47. The molecule has 5 nitrogen and oxygen atoms in total. The van der Waals surface area contributed by atoms with Crippen LogP contribution in [0.3, 0.4) is 0 Å². The minimum atomic E-state index is 0.541. The van der Waals surface area contributed by atoms with Crippen LogP contribution in [-0.2, 0) is 0 Å². The topological polar surface area (TPSA) is 56.7 Å². The van der Waals surface area contributed by atoms with Crippen molar-refractivity contribution < 1.29 is 4.42 Å². The highest BCUT2D eigenvalue weighted by Gasteiger charge is 2.21. The van der Waals surface area contributed by atoms with Gasteiger partial charge in [0.15, 0.2) is 11.6 Å². The van der Waals surface area contributed by atoms with E-state index in [0.29, 0.717) is 17.6 Å². The Morgan fingerprint density at radius 2 is 1.00 bits per heavy atom. The maximum absolute atomic E-state index is 6.47. The zero-order valence-electron chi connectivity index (χ0n) is 26.9. The average molecular weight is 641 g/mol. The summed E-state index contributed by atoms with van der Waals surface area (Å²) in [5, 5.41) is 4.34. The first-order valence-electron chi connectivity index (χ1n) is 16.7. The standard InChI is InChI=1S/C45H28N4O/c1-4-13-29(14-5-1)32-24-26-39-38(27-32)34-25-23-33(30-15-6-2-7-16-30)28-40(34)49(39)45-47-43(31-17-8-3-9-18-31)46-44(48-45)37-21-12-20-36-35-19-10-11-22-41(35)50-42(36)37/h1-28H. The number of hydrogen-bond donors (Lipinski definition) is 0. The van der Waals surface area contributed by atoms with E-state index in [4.69, 9.17) is 19.4 Å². The monoisotopic (exact) mass is 640 g/mol. The second-order valence-electron chi connectivity index (χ2n) is 12.5. The molecule has 0 unspecified atom stereocenters. The van der Waals surface area contributed by atoms with E-state index >= 15 is 0 Å². The fraction of sp³-hybridized carbons (Fsp3) is 0. The van der Waals surface area contributed by atoms with Gasteiger partial charge in [-0.3, -0.25) is 4.57 Å².